The molecule has 1 heterocycles. The molecule has 1 N–H and O–H groups in total. The van der Waals surface area contributed by atoms with Gasteiger partial charge in [0.2, 0.25) is 0 Å². The third-order valence-electron chi connectivity index (χ3n) is 5.87. The Bertz CT molecular complexity index is 848. The fraction of sp³-hybridized carbons (Fsp3) is 0.455. The second kappa shape index (κ2) is 10.5. The largest absolute Gasteiger partial charge is 0.416 e. The Kier molecular flexibility index (Phi) is 8.76. The van der Waals surface area contributed by atoms with Gasteiger partial charge in [0, 0.05) is 26.2 Å². The van der Waals surface area contributed by atoms with Crippen molar-refractivity contribution >= 4 is 24.8 Å². The van der Waals surface area contributed by atoms with Crippen LogP contribution in [0.4, 0.5) is 17.6 Å². The van der Waals surface area contributed by atoms with Crippen LogP contribution in [0.15, 0.2) is 42.5 Å². The molecule has 4 rings (SSSR count). The molecule has 9 heteroatoms. The lowest BCUT2D eigenvalue weighted by molar-refractivity contribution is -0.137. The third-order valence-corrected chi connectivity index (χ3v) is 5.87. The van der Waals surface area contributed by atoms with Gasteiger partial charge in [0.15, 0.2) is 0 Å². The maximum Gasteiger partial charge on any atom is 0.416 e. The number of hydrogen-bond donors (Lipinski definition) is 1. The topological polar surface area (TPSA) is 24.5 Å². The molecule has 3 nitrogen and oxygen atoms in total. The minimum absolute atomic E-state index is 0. The zero-order chi connectivity index (χ0) is 20.5. The van der Waals surface area contributed by atoms with Gasteiger partial charge in [0.05, 0.1) is 24.3 Å². The predicted molar refractivity (Wildman–Crippen MR) is 117 cm³/mol. The third kappa shape index (κ3) is 5.90. The summed E-state index contributed by atoms with van der Waals surface area (Å²) < 4.78 is 58.4. The quantitative estimate of drug-likeness (QED) is 0.630. The molecule has 2 aromatic rings. The molecule has 0 spiro atoms. The van der Waals surface area contributed by atoms with Gasteiger partial charge in [0.1, 0.15) is 5.82 Å². The van der Waals surface area contributed by atoms with Crippen molar-refractivity contribution in [1.29, 1.82) is 0 Å². The lowest BCUT2D eigenvalue weighted by Crippen LogP contribution is -2.59. The molecule has 1 fully saturated rings. The molecule has 172 valence electrons. The molecular weight excluding hydrogens is 455 g/mol. The minimum atomic E-state index is -4.58. The molecular formula is C22H26Cl2F4N2O. The van der Waals surface area contributed by atoms with Crippen LogP contribution >= 0.6 is 24.8 Å². The zero-order valence-corrected chi connectivity index (χ0v) is 18.5. The number of halogens is 6. The minimum Gasteiger partial charge on any atom is -0.375 e. The first-order chi connectivity index (χ1) is 13.9. The maximum atomic E-state index is 13.7. The molecule has 0 amide bonds. The molecule has 2 aliphatic rings. The summed E-state index contributed by atoms with van der Waals surface area (Å²) in [5.41, 5.74) is 1.58. The van der Waals surface area contributed by atoms with Crippen molar-refractivity contribution in [3.05, 3.63) is 70.5 Å². The first-order valence-corrected chi connectivity index (χ1v) is 9.83. The van der Waals surface area contributed by atoms with Crippen molar-refractivity contribution in [3.63, 3.8) is 0 Å². The molecule has 31 heavy (non-hydrogen) atoms. The van der Waals surface area contributed by atoms with Crippen molar-refractivity contribution in [1.82, 2.24) is 10.2 Å². The smallest absolute Gasteiger partial charge is 0.375 e. The van der Waals surface area contributed by atoms with Gasteiger partial charge in [-0.3, -0.25) is 4.90 Å². The van der Waals surface area contributed by atoms with Crippen molar-refractivity contribution in [2.45, 2.75) is 31.2 Å². The Labute approximate surface area is 192 Å². The number of nitrogens with zero attached hydrogens (tertiary/aromatic N) is 1. The standard InChI is InChI=1S/C22H24F4N2O.2ClH/c23-20-10-16(9-19(11-20)22(24,25)26)14-29-15-21(28-7-5-27-6-8-28)12-17-3-1-2-4-18(17)13-21;;/h1-4,9-11,27H,5-8,12-15H2;2*1H. The normalized spacial score (nSPS) is 18.1. The van der Waals surface area contributed by atoms with Gasteiger partial charge >= 0.3 is 6.18 Å². The fourth-order valence-corrected chi connectivity index (χ4v) is 4.49. The Morgan fingerprint density at radius 2 is 1.58 bits per heavy atom. The molecule has 1 aliphatic carbocycles. The van der Waals surface area contributed by atoms with E-state index in [0.29, 0.717) is 12.7 Å². The number of alkyl halides is 3. The highest BCUT2D eigenvalue weighted by Crippen LogP contribution is 2.36. The maximum absolute atomic E-state index is 13.7. The summed E-state index contributed by atoms with van der Waals surface area (Å²) in [6.07, 6.45) is -2.88. The second-order valence-corrected chi connectivity index (χ2v) is 7.92. The number of hydrogen-bond acceptors (Lipinski definition) is 3. The lowest BCUT2D eigenvalue weighted by atomic mass is 9.93. The number of benzene rings is 2. The number of ether oxygens (including phenoxy) is 1. The van der Waals surface area contributed by atoms with Gasteiger partial charge in [-0.15, -0.1) is 24.8 Å². The monoisotopic (exact) mass is 480 g/mol. The number of fused-ring (bicyclic) bond motifs is 1. The van der Waals surface area contributed by atoms with Gasteiger partial charge in [-0.1, -0.05) is 24.3 Å². The second-order valence-electron chi connectivity index (χ2n) is 7.92. The summed E-state index contributed by atoms with van der Waals surface area (Å²) in [7, 11) is 0. The number of piperazine rings is 1. The summed E-state index contributed by atoms with van der Waals surface area (Å²) in [4.78, 5) is 2.43. The van der Waals surface area contributed by atoms with E-state index in [4.69, 9.17) is 4.74 Å². The highest BCUT2D eigenvalue weighted by atomic mass is 35.5. The molecule has 0 radical (unpaired) electrons. The summed E-state index contributed by atoms with van der Waals surface area (Å²) in [5.74, 6) is -0.900. The Morgan fingerprint density at radius 3 is 2.16 bits per heavy atom. The predicted octanol–water partition coefficient (Wildman–Crippen LogP) is 4.65. The van der Waals surface area contributed by atoms with Crippen LogP contribution in [-0.2, 0) is 30.4 Å². The summed E-state index contributed by atoms with van der Waals surface area (Å²) in [6.45, 7) is 3.93. The van der Waals surface area contributed by atoms with Crippen molar-refractivity contribution in [2.24, 2.45) is 0 Å². The zero-order valence-electron chi connectivity index (χ0n) is 16.9. The van der Waals surface area contributed by atoms with Crippen molar-refractivity contribution in [3.8, 4) is 0 Å². The van der Waals surface area contributed by atoms with Crippen LogP contribution in [0.3, 0.4) is 0 Å². The van der Waals surface area contributed by atoms with E-state index in [2.05, 4.69) is 22.3 Å². The molecule has 1 saturated heterocycles. The molecule has 1 aliphatic heterocycles. The molecule has 0 unspecified atom stereocenters. The van der Waals surface area contributed by atoms with Gasteiger partial charge in [-0.05, 0) is 47.7 Å². The summed E-state index contributed by atoms with van der Waals surface area (Å²) in [5, 5.41) is 3.35. The van der Waals surface area contributed by atoms with E-state index in [-0.39, 0.29) is 42.5 Å². The number of nitrogens with one attached hydrogen (secondary N) is 1. The first-order valence-electron chi connectivity index (χ1n) is 9.83. The highest BCUT2D eigenvalue weighted by molar-refractivity contribution is 5.85. The highest BCUT2D eigenvalue weighted by Gasteiger charge is 2.42. The van der Waals surface area contributed by atoms with E-state index in [0.717, 1.165) is 51.2 Å². The molecule has 0 bridgehead atoms. The number of rotatable bonds is 5. The molecule has 0 saturated carbocycles. The van der Waals surface area contributed by atoms with E-state index < -0.39 is 17.6 Å². The molecule has 2 aromatic carbocycles. The Balaban J connectivity index is 0.00000171. The van der Waals surface area contributed by atoms with E-state index in [1.54, 1.807) is 0 Å². The van der Waals surface area contributed by atoms with Crippen LogP contribution in [0.1, 0.15) is 22.3 Å². The van der Waals surface area contributed by atoms with Crippen LogP contribution in [-0.4, -0.2) is 43.2 Å². The average Bonchev–Trinajstić information content (AvgIpc) is 3.07. The molecule has 0 atom stereocenters. The van der Waals surface area contributed by atoms with Crippen LogP contribution < -0.4 is 5.32 Å². The molecule has 0 aromatic heterocycles. The average molecular weight is 481 g/mol. The van der Waals surface area contributed by atoms with Crippen LogP contribution in [0.5, 0.6) is 0 Å². The Hall–Kier alpha value is -1.38. The van der Waals surface area contributed by atoms with Crippen LogP contribution in [0.25, 0.3) is 0 Å². The van der Waals surface area contributed by atoms with Gasteiger partial charge < -0.3 is 10.1 Å². The van der Waals surface area contributed by atoms with Gasteiger partial charge in [0.25, 0.3) is 0 Å². The van der Waals surface area contributed by atoms with Crippen molar-refractivity contribution < 1.29 is 22.3 Å². The van der Waals surface area contributed by atoms with E-state index >= 15 is 0 Å². The Morgan fingerprint density at radius 1 is 0.968 bits per heavy atom. The summed E-state index contributed by atoms with van der Waals surface area (Å²) >= 11 is 0. The van der Waals surface area contributed by atoms with Gasteiger partial charge in [-0.25, -0.2) is 4.39 Å². The van der Waals surface area contributed by atoms with Crippen LogP contribution in [0, 0.1) is 5.82 Å². The van der Waals surface area contributed by atoms with Crippen LogP contribution in [0.2, 0.25) is 0 Å². The van der Waals surface area contributed by atoms with Gasteiger partial charge in [-0.2, -0.15) is 13.2 Å². The van der Waals surface area contributed by atoms with Crippen molar-refractivity contribution in [2.75, 3.05) is 32.8 Å². The van der Waals surface area contributed by atoms with E-state index in [1.807, 2.05) is 12.1 Å². The fourth-order valence-electron chi connectivity index (χ4n) is 4.49. The first kappa shape index (κ1) is 25.9. The SMILES string of the molecule is Cl.Cl.Fc1cc(COCC2(N3CCNCC3)Cc3ccccc3C2)cc(C(F)(F)F)c1. The van der Waals surface area contributed by atoms with E-state index in [9.17, 15) is 17.6 Å². The van der Waals surface area contributed by atoms with E-state index in [1.165, 1.54) is 11.1 Å². The summed E-state index contributed by atoms with van der Waals surface area (Å²) in [6, 6.07) is 10.9. The lowest BCUT2D eigenvalue weighted by Gasteiger charge is -2.43.